The number of azide groups is 1. The van der Waals surface area contributed by atoms with E-state index in [-0.39, 0.29) is 11.1 Å². The maximum absolute atomic E-state index is 11.5. The molecule has 0 aliphatic heterocycles. The topological polar surface area (TPSA) is 84.3 Å². The Kier molecular flexibility index (Phi) is 9.20. The number of carbonyl (C=O) groups excluding carboxylic acids is 1. The first-order valence-corrected chi connectivity index (χ1v) is 11.1. The Hall–Kier alpha value is -1.30. The van der Waals surface area contributed by atoms with E-state index in [1.54, 1.807) is 13.0 Å². The third-order valence-corrected chi connectivity index (χ3v) is 8.61. The molecule has 0 saturated carbocycles. The van der Waals surface area contributed by atoms with Gasteiger partial charge in [0.2, 0.25) is 0 Å². The van der Waals surface area contributed by atoms with Crippen molar-refractivity contribution in [3.8, 4) is 0 Å². The van der Waals surface area contributed by atoms with Crippen LogP contribution in [-0.2, 0) is 14.0 Å². The molecule has 0 aromatic rings. The molecule has 0 aromatic heterocycles. The van der Waals surface area contributed by atoms with Crippen LogP contribution in [0.2, 0.25) is 18.1 Å². The maximum atomic E-state index is 11.5. The van der Waals surface area contributed by atoms with Crippen molar-refractivity contribution in [2.24, 2.45) is 5.11 Å². The second kappa shape index (κ2) is 9.75. The van der Waals surface area contributed by atoms with E-state index in [1.165, 1.54) is 6.08 Å². The van der Waals surface area contributed by atoms with E-state index in [4.69, 9.17) is 14.7 Å². The fourth-order valence-electron chi connectivity index (χ4n) is 1.80. The third-order valence-electron chi connectivity index (χ3n) is 4.11. The SMILES string of the molecule is CCC[C@H](O[Si](C)(C)C(C)(C)C)[C@@H](/C=C/C(=O)OCC)N=[N+]=[N-]. The molecule has 0 bridgehead atoms. The van der Waals surface area contributed by atoms with E-state index in [9.17, 15) is 4.79 Å². The largest absolute Gasteiger partial charge is 0.463 e. The lowest BCUT2D eigenvalue weighted by Gasteiger charge is -2.40. The number of hydrogen-bond donors (Lipinski definition) is 0. The van der Waals surface area contributed by atoms with Gasteiger partial charge in [0.15, 0.2) is 8.32 Å². The molecule has 0 saturated heterocycles. The van der Waals surface area contributed by atoms with Crippen molar-refractivity contribution in [3.05, 3.63) is 22.6 Å². The molecule has 0 heterocycles. The minimum absolute atomic E-state index is 0.0603. The van der Waals surface area contributed by atoms with Gasteiger partial charge in [-0.3, -0.25) is 0 Å². The molecule has 0 aromatic carbocycles. The molecule has 0 aliphatic rings. The van der Waals surface area contributed by atoms with Crippen LogP contribution in [0.1, 0.15) is 47.5 Å². The predicted octanol–water partition coefficient (Wildman–Crippen LogP) is 4.98. The lowest BCUT2D eigenvalue weighted by Crippen LogP contribution is -2.46. The highest BCUT2D eigenvalue weighted by molar-refractivity contribution is 6.74. The van der Waals surface area contributed by atoms with Crippen LogP contribution >= 0.6 is 0 Å². The van der Waals surface area contributed by atoms with Crippen LogP contribution in [-0.4, -0.2) is 33.0 Å². The van der Waals surface area contributed by atoms with Gasteiger partial charge < -0.3 is 9.16 Å². The molecule has 2 atom stereocenters. The first-order valence-electron chi connectivity index (χ1n) is 8.16. The lowest BCUT2D eigenvalue weighted by molar-refractivity contribution is -0.137. The number of esters is 1. The first-order chi connectivity index (χ1) is 10.6. The van der Waals surface area contributed by atoms with Crippen molar-refractivity contribution in [2.75, 3.05) is 6.61 Å². The molecule has 0 radical (unpaired) electrons. The van der Waals surface area contributed by atoms with Gasteiger partial charge in [0.1, 0.15) is 0 Å². The Morgan fingerprint density at radius 3 is 2.39 bits per heavy atom. The minimum atomic E-state index is -2.00. The van der Waals surface area contributed by atoms with Gasteiger partial charge in [-0.15, -0.1) is 0 Å². The molecule has 0 fully saturated rings. The van der Waals surface area contributed by atoms with Crippen LogP contribution in [0.5, 0.6) is 0 Å². The zero-order valence-electron chi connectivity index (χ0n) is 15.5. The quantitative estimate of drug-likeness (QED) is 0.148. The van der Waals surface area contributed by atoms with Crippen molar-refractivity contribution in [2.45, 2.75) is 77.7 Å². The van der Waals surface area contributed by atoms with Crippen molar-refractivity contribution in [3.63, 3.8) is 0 Å². The monoisotopic (exact) mass is 341 g/mol. The van der Waals surface area contributed by atoms with Gasteiger partial charge in [0, 0.05) is 11.0 Å². The van der Waals surface area contributed by atoms with Crippen LogP contribution in [0.25, 0.3) is 10.4 Å². The number of ether oxygens (including phenoxy) is 1. The van der Waals surface area contributed by atoms with Crippen LogP contribution in [0.3, 0.4) is 0 Å². The van der Waals surface area contributed by atoms with E-state index in [1.807, 2.05) is 0 Å². The summed E-state index contributed by atoms with van der Waals surface area (Å²) in [7, 11) is -2.00. The molecule has 6 nitrogen and oxygen atoms in total. The summed E-state index contributed by atoms with van der Waals surface area (Å²) >= 11 is 0. The van der Waals surface area contributed by atoms with E-state index in [0.717, 1.165) is 12.8 Å². The normalized spacial score (nSPS) is 15.1. The maximum Gasteiger partial charge on any atom is 0.330 e. The molecule has 0 amide bonds. The molecule has 23 heavy (non-hydrogen) atoms. The van der Waals surface area contributed by atoms with Gasteiger partial charge in [-0.05, 0) is 37.0 Å². The number of rotatable bonds is 9. The molecule has 0 N–H and O–H groups in total. The fourth-order valence-corrected chi connectivity index (χ4v) is 3.17. The van der Waals surface area contributed by atoms with Crippen LogP contribution in [0, 0.1) is 0 Å². The van der Waals surface area contributed by atoms with E-state index >= 15 is 0 Å². The average Bonchev–Trinajstić information content (AvgIpc) is 2.42. The van der Waals surface area contributed by atoms with Gasteiger partial charge in [-0.1, -0.05) is 45.3 Å². The summed E-state index contributed by atoms with van der Waals surface area (Å²) in [5.74, 6) is -0.437. The lowest BCUT2D eigenvalue weighted by atomic mass is 10.1. The van der Waals surface area contributed by atoms with Gasteiger partial charge >= 0.3 is 5.97 Å². The highest BCUT2D eigenvalue weighted by Crippen LogP contribution is 2.38. The predicted molar refractivity (Wildman–Crippen MR) is 95.7 cm³/mol. The Balaban J connectivity index is 5.32. The number of nitrogens with zero attached hydrogens (tertiary/aromatic N) is 3. The van der Waals surface area contributed by atoms with Crippen molar-refractivity contribution >= 4 is 14.3 Å². The van der Waals surface area contributed by atoms with Gasteiger partial charge in [-0.25, -0.2) is 4.79 Å². The van der Waals surface area contributed by atoms with Crippen LogP contribution < -0.4 is 0 Å². The smallest absolute Gasteiger partial charge is 0.330 e. The molecule has 0 aliphatic carbocycles. The minimum Gasteiger partial charge on any atom is -0.463 e. The molecule has 132 valence electrons. The van der Waals surface area contributed by atoms with Crippen molar-refractivity contribution in [1.82, 2.24) is 0 Å². The Bertz CT molecular complexity index is 452. The van der Waals surface area contributed by atoms with Crippen LogP contribution in [0.4, 0.5) is 0 Å². The average molecular weight is 342 g/mol. The van der Waals surface area contributed by atoms with Gasteiger partial charge in [0.25, 0.3) is 0 Å². The van der Waals surface area contributed by atoms with Gasteiger partial charge in [-0.2, -0.15) is 0 Å². The molecule has 0 rings (SSSR count). The third kappa shape index (κ3) is 7.68. The molecular formula is C16H31N3O3Si. The number of carbonyl (C=O) groups is 1. The molecule has 0 unspecified atom stereocenters. The van der Waals surface area contributed by atoms with E-state index in [2.05, 4.69) is 50.8 Å². The molecular weight excluding hydrogens is 310 g/mol. The zero-order chi connectivity index (χ0) is 18.1. The van der Waals surface area contributed by atoms with E-state index < -0.39 is 20.3 Å². The summed E-state index contributed by atoms with van der Waals surface area (Å²) in [6.45, 7) is 14.9. The summed E-state index contributed by atoms with van der Waals surface area (Å²) in [6.07, 6.45) is 4.35. The second-order valence-corrected chi connectivity index (χ2v) is 11.8. The Morgan fingerprint density at radius 1 is 1.35 bits per heavy atom. The summed E-state index contributed by atoms with van der Waals surface area (Å²) in [5.41, 5.74) is 8.84. The first kappa shape index (κ1) is 21.7. The van der Waals surface area contributed by atoms with Crippen LogP contribution in [0.15, 0.2) is 17.3 Å². The highest BCUT2D eigenvalue weighted by Gasteiger charge is 2.40. The number of hydrogen-bond acceptors (Lipinski definition) is 4. The highest BCUT2D eigenvalue weighted by atomic mass is 28.4. The summed E-state index contributed by atoms with van der Waals surface area (Å²) < 4.78 is 11.3. The van der Waals surface area contributed by atoms with Crippen molar-refractivity contribution in [1.29, 1.82) is 0 Å². The zero-order valence-corrected chi connectivity index (χ0v) is 16.5. The summed E-state index contributed by atoms with van der Waals surface area (Å²) in [5, 5.41) is 3.88. The van der Waals surface area contributed by atoms with Crippen molar-refractivity contribution < 1.29 is 14.0 Å². The van der Waals surface area contributed by atoms with E-state index in [0.29, 0.717) is 6.61 Å². The second-order valence-electron chi connectivity index (χ2n) is 7.01. The Morgan fingerprint density at radius 2 is 1.96 bits per heavy atom. The summed E-state index contributed by atoms with van der Waals surface area (Å²) in [4.78, 5) is 14.4. The molecule has 0 spiro atoms. The van der Waals surface area contributed by atoms with Gasteiger partial charge in [0.05, 0.1) is 18.8 Å². The summed E-state index contributed by atoms with van der Waals surface area (Å²) in [6, 6.07) is -0.515. The fraction of sp³-hybridized carbons (Fsp3) is 0.812. The molecule has 7 heteroatoms. The Labute approximate surface area is 141 Å². The standard InChI is InChI=1S/C16H31N3O3Si/c1-8-10-14(22-23(6,7)16(3,4)5)13(18-19-17)11-12-15(20)21-9-2/h11-14H,8-10H2,1-7H3/b12-11+/t13-,14+/m1/s1.